The third-order valence-corrected chi connectivity index (χ3v) is 7.95. The monoisotopic (exact) mass is 547 g/mol. The second-order valence-corrected chi connectivity index (χ2v) is 11.6. The third-order valence-electron chi connectivity index (χ3n) is 6.76. The molecule has 0 heterocycles. The number of ether oxygens (including phenoxy) is 1. The van der Waals surface area contributed by atoms with Gasteiger partial charge in [-0.15, -0.1) is 0 Å². The molecule has 0 aromatic heterocycles. The molecular formula is C28H38FN3O5S. The predicted molar refractivity (Wildman–Crippen MR) is 146 cm³/mol. The first-order chi connectivity index (χ1) is 18.1. The van der Waals surface area contributed by atoms with Crippen molar-refractivity contribution in [2.45, 2.75) is 71.0 Å². The fourth-order valence-corrected chi connectivity index (χ4v) is 5.63. The van der Waals surface area contributed by atoms with Crippen LogP contribution in [0.2, 0.25) is 0 Å². The van der Waals surface area contributed by atoms with E-state index in [1.807, 2.05) is 6.92 Å². The minimum Gasteiger partial charge on any atom is -0.494 e. The Bertz CT molecular complexity index is 1180. The van der Waals surface area contributed by atoms with Crippen LogP contribution in [0.4, 0.5) is 10.1 Å². The lowest BCUT2D eigenvalue weighted by atomic mass is 10.1. The van der Waals surface area contributed by atoms with E-state index in [1.165, 1.54) is 15.3 Å². The van der Waals surface area contributed by atoms with Gasteiger partial charge in [0.25, 0.3) is 0 Å². The van der Waals surface area contributed by atoms with Crippen LogP contribution in [0, 0.1) is 5.82 Å². The molecule has 38 heavy (non-hydrogen) atoms. The number of sulfonamides is 1. The molecule has 0 radical (unpaired) electrons. The Morgan fingerprint density at radius 3 is 2.37 bits per heavy atom. The van der Waals surface area contributed by atoms with Gasteiger partial charge >= 0.3 is 0 Å². The minimum absolute atomic E-state index is 0.00144. The van der Waals surface area contributed by atoms with Crippen LogP contribution in [-0.4, -0.2) is 56.6 Å². The Labute approximate surface area is 225 Å². The number of nitrogens with one attached hydrogen (secondary N) is 1. The molecule has 0 aliphatic heterocycles. The first kappa shape index (κ1) is 29.4. The number of amides is 2. The van der Waals surface area contributed by atoms with Gasteiger partial charge in [0.05, 0.1) is 18.6 Å². The maximum absolute atomic E-state index is 14.4. The average Bonchev–Trinajstić information content (AvgIpc) is 3.39. The molecule has 1 fully saturated rings. The Morgan fingerprint density at radius 2 is 1.76 bits per heavy atom. The SMILES string of the molecule is CCOc1ccc(N(CCCC(=O)N(Cc2ccccc2F)[C@H](C)C(=O)NC2CCCC2)S(C)(=O)=O)cc1. The van der Waals surface area contributed by atoms with Gasteiger partial charge in [-0.05, 0) is 63.4 Å². The first-order valence-corrected chi connectivity index (χ1v) is 15.0. The van der Waals surface area contributed by atoms with Crippen molar-refractivity contribution < 1.29 is 27.1 Å². The summed E-state index contributed by atoms with van der Waals surface area (Å²) < 4.78 is 46.1. The van der Waals surface area contributed by atoms with E-state index in [4.69, 9.17) is 4.74 Å². The molecule has 1 N–H and O–H groups in total. The summed E-state index contributed by atoms with van der Waals surface area (Å²) in [5.41, 5.74) is 0.782. The van der Waals surface area contributed by atoms with Crippen LogP contribution < -0.4 is 14.4 Å². The van der Waals surface area contributed by atoms with Crippen molar-refractivity contribution in [3.63, 3.8) is 0 Å². The number of hydrogen-bond acceptors (Lipinski definition) is 5. The summed E-state index contributed by atoms with van der Waals surface area (Å²) in [6.07, 6.45) is 5.28. The van der Waals surface area contributed by atoms with Gasteiger partial charge in [-0.25, -0.2) is 12.8 Å². The highest BCUT2D eigenvalue weighted by Gasteiger charge is 2.29. The molecular weight excluding hydrogens is 509 g/mol. The number of halogens is 1. The largest absolute Gasteiger partial charge is 0.494 e. The smallest absolute Gasteiger partial charge is 0.242 e. The predicted octanol–water partition coefficient (Wildman–Crippen LogP) is 4.25. The highest BCUT2D eigenvalue weighted by atomic mass is 32.2. The van der Waals surface area contributed by atoms with Gasteiger partial charge in [0, 0.05) is 31.1 Å². The number of hydrogen-bond donors (Lipinski definition) is 1. The third kappa shape index (κ3) is 8.18. The number of carbonyl (C=O) groups excluding carboxylic acids is 2. The first-order valence-electron chi connectivity index (χ1n) is 13.1. The van der Waals surface area contributed by atoms with E-state index >= 15 is 0 Å². The van der Waals surface area contributed by atoms with Crippen LogP contribution in [0.15, 0.2) is 48.5 Å². The van der Waals surface area contributed by atoms with E-state index in [1.54, 1.807) is 49.4 Å². The molecule has 3 rings (SSSR count). The quantitative estimate of drug-likeness (QED) is 0.405. The van der Waals surface area contributed by atoms with Crippen LogP contribution in [0.1, 0.15) is 57.9 Å². The maximum Gasteiger partial charge on any atom is 0.242 e. The summed E-state index contributed by atoms with van der Waals surface area (Å²) in [4.78, 5) is 27.7. The zero-order valence-electron chi connectivity index (χ0n) is 22.4. The van der Waals surface area contributed by atoms with Gasteiger partial charge in [-0.3, -0.25) is 13.9 Å². The fraction of sp³-hybridized carbons (Fsp3) is 0.500. The van der Waals surface area contributed by atoms with Gasteiger partial charge in [-0.2, -0.15) is 0 Å². The molecule has 1 aliphatic carbocycles. The summed E-state index contributed by atoms with van der Waals surface area (Å²) in [6.45, 7) is 4.03. The van der Waals surface area contributed by atoms with Crippen molar-refractivity contribution in [1.82, 2.24) is 10.2 Å². The van der Waals surface area contributed by atoms with Crippen LogP contribution in [0.3, 0.4) is 0 Å². The lowest BCUT2D eigenvalue weighted by Gasteiger charge is -2.30. The molecule has 1 atom stereocenters. The van der Waals surface area contributed by atoms with Crippen LogP contribution in [-0.2, 0) is 26.2 Å². The van der Waals surface area contributed by atoms with Gasteiger partial charge in [0.2, 0.25) is 21.8 Å². The molecule has 0 spiro atoms. The lowest BCUT2D eigenvalue weighted by Crippen LogP contribution is -2.49. The summed E-state index contributed by atoms with van der Waals surface area (Å²) in [5, 5.41) is 3.02. The van der Waals surface area contributed by atoms with E-state index in [2.05, 4.69) is 5.32 Å². The number of benzene rings is 2. The second kappa shape index (κ2) is 13.6. The van der Waals surface area contributed by atoms with Gasteiger partial charge < -0.3 is 15.0 Å². The maximum atomic E-state index is 14.4. The molecule has 2 aromatic rings. The van der Waals surface area contributed by atoms with Crippen molar-refractivity contribution in [3.8, 4) is 5.75 Å². The zero-order chi connectivity index (χ0) is 27.7. The molecule has 10 heteroatoms. The topological polar surface area (TPSA) is 96.0 Å². The molecule has 0 unspecified atom stereocenters. The fourth-order valence-electron chi connectivity index (χ4n) is 4.66. The second-order valence-electron chi connectivity index (χ2n) is 9.64. The van der Waals surface area contributed by atoms with Crippen LogP contribution in [0.25, 0.3) is 0 Å². The molecule has 0 bridgehead atoms. The van der Waals surface area contributed by atoms with E-state index < -0.39 is 21.9 Å². The molecule has 2 amide bonds. The normalized spacial score (nSPS) is 14.6. The van der Waals surface area contributed by atoms with E-state index in [9.17, 15) is 22.4 Å². The molecule has 2 aromatic carbocycles. The Kier molecular flexibility index (Phi) is 10.5. The minimum atomic E-state index is -3.60. The van der Waals surface area contributed by atoms with E-state index in [0.717, 1.165) is 31.9 Å². The molecule has 0 saturated heterocycles. The number of nitrogens with zero attached hydrogens (tertiary/aromatic N) is 2. The molecule has 208 valence electrons. The van der Waals surface area contributed by atoms with Gasteiger partial charge in [-0.1, -0.05) is 31.0 Å². The Balaban J connectivity index is 1.71. The summed E-state index contributed by atoms with van der Waals surface area (Å²) >= 11 is 0. The van der Waals surface area contributed by atoms with Crippen molar-refractivity contribution in [1.29, 1.82) is 0 Å². The van der Waals surface area contributed by atoms with Gasteiger partial charge in [0.15, 0.2) is 0 Å². The Morgan fingerprint density at radius 1 is 1.11 bits per heavy atom. The molecule has 8 nitrogen and oxygen atoms in total. The lowest BCUT2D eigenvalue weighted by molar-refractivity contribution is -0.141. The standard InChI is InChI=1S/C28H38FN3O5S/c1-4-37-25-17-15-24(16-18-25)32(38(3,35)36)19-9-14-27(33)31(20-22-10-5-8-13-26(22)29)21(2)28(34)30-23-11-6-7-12-23/h5,8,10,13,15-18,21,23H,4,6-7,9,11-12,14,19-20H2,1-3H3,(H,30,34)/t21-/m1/s1. The highest BCUT2D eigenvalue weighted by molar-refractivity contribution is 7.92. The summed E-state index contributed by atoms with van der Waals surface area (Å²) in [6, 6.07) is 12.2. The zero-order valence-corrected chi connectivity index (χ0v) is 23.2. The van der Waals surface area contributed by atoms with Crippen molar-refractivity contribution in [2.24, 2.45) is 0 Å². The van der Waals surface area contributed by atoms with Gasteiger partial charge in [0.1, 0.15) is 17.6 Å². The number of anilines is 1. The molecule has 1 saturated carbocycles. The van der Waals surface area contributed by atoms with Crippen LogP contribution >= 0.6 is 0 Å². The Hall–Kier alpha value is -3.14. The summed E-state index contributed by atoms with van der Waals surface area (Å²) in [7, 11) is -3.60. The number of rotatable bonds is 13. The summed E-state index contributed by atoms with van der Waals surface area (Å²) in [5.74, 6) is -0.433. The van der Waals surface area contributed by atoms with Crippen molar-refractivity contribution in [2.75, 3.05) is 23.7 Å². The number of carbonyl (C=O) groups is 2. The highest BCUT2D eigenvalue weighted by Crippen LogP contribution is 2.23. The van der Waals surface area contributed by atoms with E-state index in [-0.39, 0.29) is 43.8 Å². The average molecular weight is 548 g/mol. The van der Waals surface area contributed by atoms with Crippen molar-refractivity contribution >= 4 is 27.5 Å². The van der Waals surface area contributed by atoms with Crippen LogP contribution in [0.5, 0.6) is 5.75 Å². The van der Waals surface area contributed by atoms with Crippen molar-refractivity contribution in [3.05, 3.63) is 59.9 Å². The van der Waals surface area contributed by atoms with E-state index in [0.29, 0.717) is 23.6 Å². The molecule has 1 aliphatic rings.